The van der Waals surface area contributed by atoms with Gasteiger partial charge >= 0.3 is 0 Å². The van der Waals surface area contributed by atoms with Gasteiger partial charge in [-0.15, -0.1) is 0 Å². The molecule has 2 aromatic carbocycles. The number of hydrogen-bond acceptors (Lipinski definition) is 5. The molecule has 0 aliphatic rings. The molecule has 2 aromatic rings. The third-order valence-corrected chi connectivity index (χ3v) is 5.06. The fraction of sp³-hybridized carbons (Fsp3) is 0.500. The van der Waals surface area contributed by atoms with Gasteiger partial charge in [-0.1, -0.05) is 65.8 Å². The third-order valence-electron chi connectivity index (χ3n) is 5.06. The quantitative estimate of drug-likeness (QED) is 0.520. The Morgan fingerprint density at radius 2 is 1.24 bits per heavy atom. The molecule has 5 nitrogen and oxygen atoms in total. The Balaban J connectivity index is 2.58. The van der Waals surface area contributed by atoms with Gasteiger partial charge in [0.1, 0.15) is 11.5 Å². The Hall–Kier alpha value is -2.24. The summed E-state index contributed by atoms with van der Waals surface area (Å²) in [4.78, 5) is 1.98. The average molecular weight is 400 g/mol. The predicted octanol–water partition coefficient (Wildman–Crippen LogP) is 4.38. The lowest BCUT2D eigenvalue weighted by molar-refractivity contribution is 0.442. The summed E-state index contributed by atoms with van der Waals surface area (Å²) in [5.41, 5.74) is 8.33. The van der Waals surface area contributed by atoms with Crippen LogP contribution in [-0.2, 0) is 10.8 Å². The lowest BCUT2D eigenvalue weighted by Crippen LogP contribution is -2.32. The molecule has 0 bridgehead atoms. The second-order valence-electron chi connectivity index (χ2n) is 9.54. The zero-order chi connectivity index (χ0) is 21.8. The van der Waals surface area contributed by atoms with E-state index in [2.05, 4.69) is 46.9 Å². The summed E-state index contributed by atoms with van der Waals surface area (Å²) < 4.78 is 0. The van der Waals surface area contributed by atoms with Crippen molar-refractivity contribution in [2.45, 2.75) is 52.4 Å². The molecule has 29 heavy (non-hydrogen) atoms. The summed E-state index contributed by atoms with van der Waals surface area (Å²) in [6.45, 7) is 15.0. The number of para-hydroxylation sites is 2. The molecule has 2 rings (SSSR count). The van der Waals surface area contributed by atoms with Crippen LogP contribution in [0.3, 0.4) is 0 Å². The van der Waals surface area contributed by atoms with Crippen LogP contribution in [0.25, 0.3) is 0 Å². The molecule has 0 aliphatic heterocycles. The van der Waals surface area contributed by atoms with Gasteiger partial charge in [0.2, 0.25) is 0 Å². The molecule has 0 aromatic heterocycles. The number of phenols is 2. The maximum absolute atomic E-state index is 11.1. The normalized spacial score (nSPS) is 12.2. The fourth-order valence-corrected chi connectivity index (χ4v) is 3.50. The third kappa shape index (κ3) is 5.43. The molecule has 0 saturated carbocycles. The van der Waals surface area contributed by atoms with E-state index in [1.54, 1.807) is 0 Å². The van der Waals surface area contributed by atoms with Crippen LogP contribution in [0.5, 0.6) is 11.5 Å². The summed E-state index contributed by atoms with van der Waals surface area (Å²) in [6.07, 6.45) is 0. The van der Waals surface area contributed by atoms with Crippen molar-refractivity contribution in [3.05, 3.63) is 47.5 Å². The number of nitrogens with one attached hydrogen (secondary N) is 1. The molecule has 0 unspecified atom stereocenters. The summed E-state index contributed by atoms with van der Waals surface area (Å²) in [6, 6.07) is 11.6. The van der Waals surface area contributed by atoms with Gasteiger partial charge < -0.3 is 26.2 Å². The van der Waals surface area contributed by atoms with Gasteiger partial charge in [0.25, 0.3) is 0 Å². The van der Waals surface area contributed by atoms with Crippen LogP contribution in [0, 0.1) is 0 Å². The SMILES string of the molecule is CC(C)(C)c1cccc(N(CCNCCN)c2cccc(C(C)(C)C)c2O)c1O. The summed E-state index contributed by atoms with van der Waals surface area (Å²) in [5.74, 6) is 0.499. The van der Waals surface area contributed by atoms with Crippen LogP contribution >= 0.6 is 0 Å². The highest BCUT2D eigenvalue weighted by atomic mass is 16.3. The van der Waals surface area contributed by atoms with Crippen LogP contribution in [-0.4, -0.2) is 36.4 Å². The first-order valence-corrected chi connectivity index (χ1v) is 10.3. The minimum absolute atomic E-state index is 0.196. The second kappa shape index (κ2) is 9.06. The summed E-state index contributed by atoms with van der Waals surface area (Å²) in [7, 11) is 0. The lowest BCUT2D eigenvalue weighted by Gasteiger charge is -2.31. The van der Waals surface area contributed by atoms with Crippen LogP contribution in [0.4, 0.5) is 11.4 Å². The van der Waals surface area contributed by atoms with E-state index < -0.39 is 0 Å². The molecule has 0 fully saturated rings. The van der Waals surface area contributed by atoms with Crippen molar-refractivity contribution < 1.29 is 10.2 Å². The van der Waals surface area contributed by atoms with E-state index in [0.717, 1.165) is 17.7 Å². The molecule has 0 amide bonds. The molecule has 0 saturated heterocycles. The zero-order valence-electron chi connectivity index (χ0n) is 18.7. The van der Waals surface area contributed by atoms with Crippen molar-refractivity contribution in [2.75, 3.05) is 31.1 Å². The Morgan fingerprint density at radius 3 is 1.62 bits per heavy atom. The first-order valence-electron chi connectivity index (χ1n) is 10.3. The van der Waals surface area contributed by atoms with Crippen molar-refractivity contribution in [1.82, 2.24) is 5.32 Å². The summed E-state index contributed by atoms with van der Waals surface area (Å²) in [5, 5.41) is 25.5. The lowest BCUT2D eigenvalue weighted by atomic mass is 9.85. The van der Waals surface area contributed by atoms with Crippen molar-refractivity contribution in [3.63, 3.8) is 0 Å². The monoisotopic (exact) mass is 399 g/mol. The van der Waals surface area contributed by atoms with Gasteiger partial charge in [0, 0.05) is 37.3 Å². The van der Waals surface area contributed by atoms with Gasteiger partial charge in [-0.2, -0.15) is 0 Å². The maximum Gasteiger partial charge on any atom is 0.142 e. The van der Waals surface area contributed by atoms with Gasteiger partial charge in [-0.25, -0.2) is 0 Å². The van der Waals surface area contributed by atoms with E-state index in [4.69, 9.17) is 5.73 Å². The molecular formula is C24H37N3O2. The molecule has 0 heterocycles. The van der Waals surface area contributed by atoms with Gasteiger partial charge in [-0.3, -0.25) is 0 Å². The van der Waals surface area contributed by atoms with Crippen molar-refractivity contribution in [3.8, 4) is 11.5 Å². The largest absolute Gasteiger partial charge is 0.505 e. The average Bonchev–Trinajstić information content (AvgIpc) is 2.61. The Labute approximate surface area is 175 Å². The van der Waals surface area contributed by atoms with Gasteiger partial charge in [-0.05, 0) is 23.0 Å². The van der Waals surface area contributed by atoms with Crippen molar-refractivity contribution >= 4 is 11.4 Å². The minimum atomic E-state index is -0.196. The van der Waals surface area contributed by atoms with E-state index in [0.29, 0.717) is 31.0 Å². The van der Waals surface area contributed by atoms with E-state index in [-0.39, 0.29) is 22.3 Å². The Kier molecular flexibility index (Phi) is 7.20. The van der Waals surface area contributed by atoms with E-state index in [1.807, 2.05) is 41.3 Å². The number of hydrogen-bond donors (Lipinski definition) is 4. The first-order chi connectivity index (χ1) is 13.5. The molecule has 0 atom stereocenters. The number of benzene rings is 2. The topological polar surface area (TPSA) is 81.8 Å². The van der Waals surface area contributed by atoms with Crippen LogP contribution in [0.2, 0.25) is 0 Å². The predicted molar refractivity (Wildman–Crippen MR) is 123 cm³/mol. The fourth-order valence-electron chi connectivity index (χ4n) is 3.50. The van der Waals surface area contributed by atoms with Gasteiger partial charge in [0.15, 0.2) is 0 Å². The van der Waals surface area contributed by atoms with Crippen LogP contribution in [0.15, 0.2) is 36.4 Å². The number of anilines is 2. The smallest absolute Gasteiger partial charge is 0.142 e. The van der Waals surface area contributed by atoms with Crippen LogP contribution < -0.4 is 16.0 Å². The first kappa shape index (κ1) is 23.0. The summed E-state index contributed by atoms with van der Waals surface area (Å²) >= 11 is 0. The highest BCUT2D eigenvalue weighted by Gasteiger charge is 2.26. The zero-order valence-corrected chi connectivity index (χ0v) is 18.7. The Morgan fingerprint density at radius 1 is 0.793 bits per heavy atom. The minimum Gasteiger partial charge on any atom is -0.505 e. The highest BCUT2D eigenvalue weighted by Crippen LogP contribution is 2.44. The van der Waals surface area contributed by atoms with E-state index in [1.165, 1.54) is 0 Å². The Bertz CT molecular complexity index is 756. The molecule has 160 valence electrons. The molecule has 0 aliphatic carbocycles. The molecule has 0 radical (unpaired) electrons. The molecule has 5 N–H and O–H groups in total. The van der Waals surface area contributed by atoms with Crippen molar-refractivity contribution in [1.29, 1.82) is 0 Å². The van der Waals surface area contributed by atoms with E-state index >= 15 is 0 Å². The number of nitrogens with two attached hydrogens (primary N) is 1. The maximum atomic E-state index is 11.1. The van der Waals surface area contributed by atoms with Crippen LogP contribution in [0.1, 0.15) is 52.7 Å². The number of aromatic hydroxyl groups is 2. The number of nitrogens with zero attached hydrogens (tertiary/aromatic N) is 1. The van der Waals surface area contributed by atoms with Crippen molar-refractivity contribution in [2.24, 2.45) is 5.73 Å². The molecular weight excluding hydrogens is 362 g/mol. The molecule has 5 heteroatoms. The van der Waals surface area contributed by atoms with Gasteiger partial charge in [0.05, 0.1) is 11.4 Å². The van der Waals surface area contributed by atoms with E-state index in [9.17, 15) is 10.2 Å². The molecule has 0 spiro atoms. The number of rotatable bonds is 7. The standard InChI is InChI=1S/C24H37N3O2/c1-23(2,3)17-9-7-11-19(21(17)28)27(16-15-26-14-13-25)20-12-8-10-18(22(20)29)24(4,5)6/h7-12,26,28-29H,13-16,25H2,1-6H3. The number of phenolic OH excluding ortho intramolecular Hbond substituents is 2. The highest BCUT2D eigenvalue weighted by molar-refractivity contribution is 5.76. The second-order valence-corrected chi connectivity index (χ2v) is 9.54.